The molecule has 29 heavy (non-hydrogen) atoms. The lowest BCUT2D eigenvalue weighted by Gasteiger charge is -2.26. The van der Waals surface area contributed by atoms with Gasteiger partial charge in [0.15, 0.2) is 0 Å². The van der Waals surface area contributed by atoms with E-state index in [0.29, 0.717) is 11.4 Å². The van der Waals surface area contributed by atoms with E-state index in [-0.39, 0.29) is 18.7 Å². The van der Waals surface area contributed by atoms with Gasteiger partial charge in [0, 0.05) is 12.1 Å². The van der Waals surface area contributed by atoms with Crippen molar-refractivity contribution < 1.29 is 19.7 Å². The van der Waals surface area contributed by atoms with Gasteiger partial charge in [-0.2, -0.15) is 10.4 Å². The summed E-state index contributed by atoms with van der Waals surface area (Å²) in [6.45, 7) is 8.64. The quantitative estimate of drug-likeness (QED) is 0.379. The number of carbonyl (C=O) groups excluding carboxylic acids is 1. The fraction of sp³-hybridized carbons (Fsp3) is 0.550. The summed E-state index contributed by atoms with van der Waals surface area (Å²) in [4.78, 5) is 12.2. The Hall–Kier alpha value is -2.67. The molecular formula is C20H29N5O4. The lowest BCUT2D eigenvalue weighted by molar-refractivity contribution is -0.152. The first-order chi connectivity index (χ1) is 13.6. The molecule has 1 saturated carbocycles. The molecule has 0 aromatic carbocycles. The van der Waals surface area contributed by atoms with Crippen LogP contribution < -0.4 is 11.1 Å². The van der Waals surface area contributed by atoms with Crippen LogP contribution >= 0.6 is 0 Å². The minimum Gasteiger partial charge on any atom is -0.464 e. The molecule has 9 heteroatoms. The number of aliphatic hydroxyl groups excluding tert-OH is 2. The summed E-state index contributed by atoms with van der Waals surface area (Å²) in [6, 6.07) is 5.45. The summed E-state index contributed by atoms with van der Waals surface area (Å²) >= 11 is 0. The van der Waals surface area contributed by atoms with Crippen molar-refractivity contribution in [2.45, 2.75) is 50.4 Å². The van der Waals surface area contributed by atoms with Gasteiger partial charge in [-0.05, 0) is 46.4 Å². The highest BCUT2D eigenvalue weighted by molar-refractivity contribution is 5.79. The Morgan fingerprint density at radius 1 is 1.59 bits per heavy atom. The van der Waals surface area contributed by atoms with E-state index in [2.05, 4.69) is 23.1 Å². The molecule has 0 bridgehead atoms. The van der Waals surface area contributed by atoms with E-state index < -0.39 is 35.0 Å². The Kier molecular flexibility index (Phi) is 6.53. The number of aliphatic hydroxyl groups is 2. The number of likely N-dealkylation sites (N-methyl/N-ethyl adjacent to an activating group) is 1. The molecule has 2 rings (SSSR count). The maximum absolute atomic E-state index is 12.2. The first kappa shape index (κ1) is 22.6. The van der Waals surface area contributed by atoms with Crippen LogP contribution in [-0.2, 0) is 14.9 Å². The average molecular weight is 403 g/mol. The van der Waals surface area contributed by atoms with Crippen LogP contribution in [0, 0.1) is 17.2 Å². The van der Waals surface area contributed by atoms with Gasteiger partial charge in [-0.25, -0.2) is 4.68 Å². The van der Waals surface area contributed by atoms with E-state index in [1.165, 1.54) is 10.9 Å². The van der Waals surface area contributed by atoms with E-state index >= 15 is 0 Å². The Bertz CT molecular complexity index is 854. The molecule has 158 valence electrons. The normalized spacial score (nSPS) is 27.1. The van der Waals surface area contributed by atoms with Crippen molar-refractivity contribution in [2.24, 2.45) is 16.8 Å². The van der Waals surface area contributed by atoms with Crippen molar-refractivity contribution in [3.8, 4) is 6.07 Å². The van der Waals surface area contributed by atoms with Gasteiger partial charge in [0.1, 0.15) is 17.1 Å². The maximum Gasteiger partial charge on any atom is 0.325 e. The lowest BCUT2D eigenvalue weighted by atomic mass is 9.81. The SMILES string of the molecule is C=C(N)c1ccc(C2(C#N)CC(COC(=O)C(C)(C)NC)[C@@H](O)[C@H]2O)n1/N=C\C. The summed E-state index contributed by atoms with van der Waals surface area (Å²) in [5.41, 5.74) is 4.60. The second-order valence-electron chi connectivity index (χ2n) is 7.77. The van der Waals surface area contributed by atoms with Gasteiger partial charge in [-0.15, -0.1) is 0 Å². The summed E-state index contributed by atoms with van der Waals surface area (Å²) in [6.07, 6.45) is -1.04. The van der Waals surface area contributed by atoms with Crippen LogP contribution in [0.15, 0.2) is 23.8 Å². The van der Waals surface area contributed by atoms with Crippen LogP contribution in [0.5, 0.6) is 0 Å². The van der Waals surface area contributed by atoms with Gasteiger partial charge in [0.2, 0.25) is 0 Å². The Morgan fingerprint density at radius 2 is 2.24 bits per heavy atom. The predicted octanol–water partition coefficient (Wildman–Crippen LogP) is 0.316. The van der Waals surface area contributed by atoms with E-state index in [1.807, 2.05) is 0 Å². The lowest BCUT2D eigenvalue weighted by Crippen LogP contribution is -2.46. The van der Waals surface area contributed by atoms with Crippen LogP contribution in [-0.4, -0.2) is 58.5 Å². The van der Waals surface area contributed by atoms with Crippen molar-refractivity contribution in [3.63, 3.8) is 0 Å². The number of carbonyl (C=O) groups is 1. The first-order valence-corrected chi connectivity index (χ1v) is 9.35. The highest BCUT2D eigenvalue weighted by Crippen LogP contribution is 2.45. The molecule has 0 aliphatic heterocycles. The number of nitrogens with zero attached hydrogens (tertiary/aromatic N) is 3. The van der Waals surface area contributed by atoms with Gasteiger partial charge in [0.05, 0.1) is 35.9 Å². The molecule has 0 amide bonds. The number of hydrogen-bond donors (Lipinski definition) is 4. The van der Waals surface area contributed by atoms with Gasteiger partial charge in [-0.3, -0.25) is 4.79 Å². The molecule has 4 atom stereocenters. The highest BCUT2D eigenvalue weighted by Gasteiger charge is 2.56. The standard InChI is InChI=1S/C20H29N5O4/c1-6-24-25-14(12(2)22)7-8-15(25)20(11-21)9-13(16(26)17(20)27)10-29-18(28)19(3,4)23-5/h6-8,13,16-17,23,26-27H,2,9-10,22H2,1,3-5H3/b24-6-/t13?,16-,17-,20?/m1/s1. The number of nitriles is 1. The van der Waals surface area contributed by atoms with E-state index in [1.54, 1.807) is 40.0 Å². The topological polar surface area (TPSA) is 146 Å². The van der Waals surface area contributed by atoms with Gasteiger partial charge >= 0.3 is 5.97 Å². The molecule has 2 unspecified atom stereocenters. The summed E-state index contributed by atoms with van der Waals surface area (Å²) < 4.78 is 6.79. The zero-order valence-electron chi connectivity index (χ0n) is 17.2. The summed E-state index contributed by atoms with van der Waals surface area (Å²) in [5.74, 6) is -1.11. The minimum atomic E-state index is -1.45. The molecule has 0 saturated heterocycles. The Morgan fingerprint density at radius 3 is 2.76 bits per heavy atom. The van der Waals surface area contributed by atoms with Crippen molar-refractivity contribution in [1.29, 1.82) is 5.26 Å². The number of ether oxygens (including phenoxy) is 1. The Labute approximate surface area is 170 Å². The zero-order valence-corrected chi connectivity index (χ0v) is 17.2. The molecular weight excluding hydrogens is 374 g/mol. The molecule has 1 fully saturated rings. The van der Waals surface area contributed by atoms with E-state index in [0.717, 1.165) is 0 Å². The fourth-order valence-electron chi connectivity index (χ4n) is 3.50. The first-order valence-electron chi connectivity index (χ1n) is 9.35. The molecule has 1 aliphatic rings. The van der Waals surface area contributed by atoms with Gasteiger partial charge in [-0.1, -0.05) is 6.58 Å². The molecule has 0 radical (unpaired) electrons. The third-order valence-corrected chi connectivity index (χ3v) is 5.53. The van der Waals surface area contributed by atoms with Crippen LogP contribution in [0.3, 0.4) is 0 Å². The predicted molar refractivity (Wildman–Crippen MR) is 109 cm³/mol. The van der Waals surface area contributed by atoms with Gasteiger partial charge in [0.25, 0.3) is 0 Å². The number of esters is 1. The number of nitrogens with one attached hydrogen (secondary N) is 1. The third-order valence-electron chi connectivity index (χ3n) is 5.53. The summed E-state index contributed by atoms with van der Waals surface area (Å²) in [7, 11) is 1.64. The van der Waals surface area contributed by atoms with Crippen LogP contribution in [0.4, 0.5) is 0 Å². The largest absolute Gasteiger partial charge is 0.464 e. The molecule has 1 aliphatic carbocycles. The molecule has 5 N–H and O–H groups in total. The van der Waals surface area contributed by atoms with Crippen LogP contribution in [0.2, 0.25) is 0 Å². The smallest absolute Gasteiger partial charge is 0.325 e. The van der Waals surface area contributed by atoms with Crippen molar-refractivity contribution in [2.75, 3.05) is 13.7 Å². The van der Waals surface area contributed by atoms with Gasteiger partial charge < -0.3 is 26.0 Å². The molecule has 0 spiro atoms. The maximum atomic E-state index is 12.2. The van der Waals surface area contributed by atoms with E-state index in [9.17, 15) is 20.3 Å². The van der Waals surface area contributed by atoms with Crippen LogP contribution in [0.25, 0.3) is 5.70 Å². The third kappa shape index (κ3) is 3.92. The monoisotopic (exact) mass is 403 g/mol. The van der Waals surface area contributed by atoms with Crippen molar-refractivity contribution in [3.05, 3.63) is 30.1 Å². The number of hydrogen-bond acceptors (Lipinski definition) is 8. The molecule has 1 aromatic rings. The van der Waals surface area contributed by atoms with Crippen molar-refractivity contribution >= 4 is 17.9 Å². The fourth-order valence-corrected chi connectivity index (χ4v) is 3.50. The van der Waals surface area contributed by atoms with Crippen molar-refractivity contribution in [1.82, 2.24) is 9.99 Å². The number of rotatable bonds is 7. The highest BCUT2D eigenvalue weighted by atomic mass is 16.5. The minimum absolute atomic E-state index is 0.0822. The molecule has 1 heterocycles. The second-order valence-corrected chi connectivity index (χ2v) is 7.77. The summed E-state index contributed by atoms with van der Waals surface area (Å²) in [5, 5.41) is 38.5. The Balaban J connectivity index is 2.37. The molecule has 1 aromatic heterocycles. The number of aromatic nitrogens is 1. The molecule has 9 nitrogen and oxygen atoms in total. The van der Waals surface area contributed by atoms with E-state index in [4.69, 9.17) is 10.5 Å². The average Bonchev–Trinajstić information content (AvgIpc) is 3.21. The zero-order chi connectivity index (χ0) is 22.0. The second kappa shape index (κ2) is 8.37. The van der Waals surface area contributed by atoms with Crippen LogP contribution in [0.1, 0.15) is 38.6 Å². The number of nitrogens with two attached hydrogens (primary N) is 1.